The molecule has 1 aromatic heterocycles. The zero-order chi connectivity index (χ0) is 15.0. The lowest BCUT2D eigenvalue weighted by atomic mass is 9.89. The molecule has 0 amide bonds. The molecule has 2 fully saturated rings. The van der Waals surface area contributed by atoms with Gasteiger partial charge in [-0.2, -0.15) is 0 Å². The van der Waals surface area contributed by atoms with Gasteiger partial charge in [-0.1, -0.05) is 13.8 Å². The number of hydrogen-bond donors (Lipinski definition) is 1. The Kier molecular flexibility index (Phi) is 4.05. The summed E-state index contributed by atoms with van der Waals surface area (Å²) in [6.45, 7) is 8.96. The molecule has 1 saturated heterocycles. The van der Waals surface area contributed by atoms with E-state index in [1.165, 1.54) is 32.1 Å². The van der Waals surface area contributed by atoms with E-state index in [1.807, 2.05) is 0 Å². The smallest absolute Gasteiger partial charge is 0.137 e. The third-order valence-corrected chi connectivity index (χ3v) is 5.13. The summed E-state index contributed by atoms with van der Waals surface area (Å²) in [5, 5.41) is 0. The molecule has 2 aliphatic rings. The number of nitrogens with two attached hydrogens (primary N) is 1. The zero-order valence-electron chi connectivity index (χ0n) is 13.6. The van der Waals surface area contributed by atoms with E-state index in [0.29, 0.717) is 11.7 Å². The van der Waals surface area contributed by atoms with Crippen LogP contribution in [0.4, 0.5) is 11.6 Å². The van der Waals surface area contributed by atoms with Crippen LogP contribution >= 0.6 is 0 Å². The van der Waals surface area contributed by atoms with E-state index in [-0.39, 0.29) is 0 Å². The lowest BCUT2D eigenvalue weighted by Gasteiger charge is -2.25. The highest BCUT2D eigenvalue weighted by Crippen LogP contribution is 2.40. The molecule has 0 spiro atoms. The normalized spacial score (nSPS) is 23.4. The summed E-state index contributed by atoms with van der Waals surface area (Å²) in [4.78, 5) is 11.8. The van der Waals surface area contributed by atoms with Crippen LogP contribution < -0.4 is 10.6 Å². The molecular weight excluding hydrogens is 260 g/mol. The number of hydrogen-bond acceptors (Lipinski definition) is 4. The molecule has 1 unspecified atom stereocenters. The summed E-state index contributed by atoms with van der Waals surface area (Å²) in [7, 11) is 0. The van der Waals surface area contributed by atoms with Gasteiger partial charge < -0.3 is 10.6 Å². The number of nitrogen functional groups attached to an aromatic ring is 1. The number of anilines is 2. The second-order valence-corrected chi connectivity index (χ2v) is 7.11. The third-order valence-electron chi connectivity index (χ3n) is 5.13. The fourth-order valence-corrected chi connectivity index (χ4v) is 3.37. The Morgan fingerprint density at radius 2 is 1.86 bits per heavy atom. The van der Waals surface area contributed by atoms with Gasteiger partial charge in [0.2, 0.25) is 0 Å². The highest BCUT2D eigenvalue weighted by Gasteiger charge is 2.29. The molecule has 4 heteroatoms. The van der Waals surface area contributed by atoms with E-state index >= 15 is 0 Å². The lowest BCUT2D eigenvalue weighted by Crippen LogP contribution is -2.27. The fourth-order valence-electron chi connectivity index (χ4n) is 3.37. The van der Waals surface area contributed by atoms with Crippen molar-refractivity contribution in [2.45, 2.75) is 58.8 Å². The van der Waals surface area contributed by atoms with E-state index in [9.17, 15) is 0 Å². The summed E-state index contributed by atoms with van der Waals surface area (Å²) >= 11 is 0. The standard InChI is InChI=1S/C17H28N4/c1-11(2)13-5-4-9-21(10-8-13)17-12(3)15(18)19-16(20-17)14-6-7-14/h11,13-14H,4-10H2,1-3H3,(H2,18,19,20). The predicted octanol–water partition coefficient (Wildman–Crippen LogP) is 3.51. The van der Waals surface area contributed by atoms with Crippen LogP contribution in [-0.4, -0.2) is 23.1 Å². The van der Waals surface area contributed by atoms with E-state index in [0.717, 1.165) is 42.1 Å². The van der Waals surface area contributed by atoms with Crippen molar-refractivity contribution in [2.24, 2.45) is 11.8 Å². The molecule has 0 radical (unpaired) electrons. The molecule has 2 N–H and O–H groups in total. The van der Waals surface area contributed by atoms with Crippen LogP contribution in [0.25, 0.3) is 0 Å². The summed E-state index contributed by atoms with van der Waals surface area (Å²) in [5.41, 5.74) is 7.19. The Labute approximate surface area is 128 Å². The van der Waals surface area contributed by atoms with Crippen LogP contribution in [-0.2, 0) is 0 Å². The number of rotatable bonds is 3. The predicted molar refractivity (Wildman–Crippen MR) is 87.5 cm³/mol. The molecular formula is C17H28N4. The van der Waals surface area contributed by atoms with E-state index < -0.39 is 0 Å². The van der Waals surface area contributed by atoms with Gasteiger partial charge in [-0.25, -0.2) is 9.97 Å². The maximum atomic E-state index is 6.13. The van der Waals surface area contributed by atoms with Gasteiger partial charge in [-0.15, -0.1) is 0 Å². The quantitative estimate of drug-likeness (QED) is 0.924. The average Bonchev–Trinajstić information content (AvgIpc) is 3.27. The molecule has 1 aliphatic carbocycles. The van der Waals surface area contributed by atoms with Gasteiger partial charge in [0, 0.05) is 24.6 Å². The summed E-state index contributed by atoms with van der Waals surface area (Å²) in [6.07, 6.45) is 6.29. The van der Waals surface area contributed by atoms with E-state index in [4.69, 9.17) is 10.7 Å². The Hall–Kier alpha value is -1.32. The van der Waals surface area contributed by atoms with Crippen LogP contribution in [0.3, 0.4) is 0 Å². The Bertz CT molecular complexity index is 508. The maximum absolute atomic E-state index is 6.13. The Balaban J connectivity index is 1.82. The van der Waals surface area contributed by atoms with Crippen molar-refractivity contribution in [1.82, 2.24) is 9.97 Å². The van der Waals surface area contributed by atoms with Crippen LogP contribution in [0, 0.1) is 18.8 Å². The zero-order valence-corrected chi connectivity index (χ0v) is 13.6. The van der Waals surface area contributed by atoms with Crippen molar-refractivity contribution < 1.29 is 0 Å². The van der Waals surface area contributed by atoms with Crippen molar-refractivity contribution in [3.05, 3.63) is 11.4 Å². The van der Waals surface area contributed by atoms with Crippen LogP contribution in [0.15, 0.2) is 0 Å². The first-order chi connectivity index (χ1) is 10.1. The van der Waals surface area contributed by atoms with Crippen molar-refractivity contribution in [3.8, 4) is 0 Å². The molecule has 2 heterocycles. The first-order valence-electron chi connectivity index (χ1n) is 8.45. The molecule has 0 bridgehead atoms. The van der Waals surface area contributed by atoms with E-state index in [2.05, 4.69) is 30.7 Å². The molecule has 1 aromatic rings. The lowest BCUT2D eigenvalue weighted by molar-refractivity contribution is 0.351. The van der Waals surface area contributed by atoms with Gasteiger partial charge >= 0.3 is 0 Å². The second kappa shape index (κ2) is 5.82. The molecule has 1 atom stereocenters. The minimum absolute atomic E-state index is 0.557. The van der Waals surface area contributed by atoms with Crippen molar-refractivity contribution in [3.63, 3.8) is 0 Å². The minimum atomic E-state index is 0.557. The Morgan fingerprint density at radius 1 is 1.10 bits per heavy atom. The summed E-state index contributed by atoms with van der Waals surface area (Å²) in [6, 6.07) is 0. The minimum Gasteiger partial charge on any atom is -0.383 e. The van der Waals surface area contributed by atoms with Crippen LogP contribution in [0.1, 0.15) is 63.3 Å². The van der Waals surface area contributed by atoms with Gasteiger partial charge in [-0.3, -0.25) is 0 Å². The molecule has 21 heavy (non-hydrogen) atoms. The van der Waals surface area contributed by atoms with Crippen LogP contribution in [0.5, 0.6) is 0 Å². The Morgan fingerprint density at radius 3 is 2.52 bits per heavy atom. The van der Waals surface area contributed by atoms with Crippen molar-refractivity contribution >= 4 is 11.6 Å². The first-order valence-corrected chi connectivity index (χ1v) is 8.45. The van der Waals surface area contributed by atoms with Crippen LogP contribution in [0.2, 0.25) is 0 Å². The fraction of sp³-hybridized carbons (Fsp3) is 0.765. The van der Waals surface area contributed by atoms with Gasteiger partial charge in [0.1, 0.15) is 17.5 Å². The SMILES string of the molecule is Cc1c(N)nc(C2CC2)nc1N1CCCC(C(C)C)CC1. The monoisotopic (exact) mass is 288 g/mol. The molecule has 1 saturated carbocycles. The molecule has 4 nitrogen and oxygen atoms in total. The summed E-state index contributed by atoms with van der Waals surface area (Å²) in [5.74, 6) is 4.92. The topological polar surface area (TPSA) is 55.0 Å². The van der Waals surface area contributed by atoms with Gasteiger partial charge in [0.05, 0.1) is 0 Å². The number of nitrogens with zero attached hydrogens (tertiary/aromatic N) is 3. The molecule has 116 valence electrons. The highest BCUT2D eigenvalue weighted by molar-refractivity contribution is 5.57. The molecule has 0 aromatic carbocycles. The number of aromatic nitrogens is 2. The van der Waals surface area contributed by atoms with Crippen molar-refractivity contribution in [1.29, 1.82) is 0 Å². The highest BCUT2D eigenvalue weighted by atomic mass is 15.2. The van der Waals surface area contributed by atoms with Gasteiger partial charge in [0.15, 0.2) is 0 Å². The first kappa shape index (κ1) is 14.6. The summed E-state index contributed by atoms with van der Waals surface area (Å²) < 4.78 is 0. The largest absolute Gasteiger partial charge is 0.383 e. The maximum Gasteiger partial charge on any atom is 0.137 e. The second-order valence-electron chi connectivity index (χ2n) is 7.11. The van der Waals surface area contributed by atoms with Gasteiger partial charge in [0.25, 0.3) is 0 Å². The van der Waals surface area contributed by atoms with Gasteiger partial charge in [-0.05, 0) is 50.9 Å². The molecule has 1 aliphatic heterocycles. The average molecular weight is 288 g/mol. The van der Waals surface area contributed by atoms with Crippen molar-refractivity contribution in [2.75, 3.05) is 23.7 Å². The third kappa shape index (κ3) is 3.14. The molecule has 3 rings (SSSR count). The van der Waals surface area contributed by atoms with E-state index in [1.54, 1.807) is 0 Å².